The Bertz CT molecular complexity index is 378. The van der Waals surface area contributed by atoms with Gasteiger partial charge in [-0.2, -0.15) is 11.8 Å². The fourth-order valence-electron chi connectivity index (χ4n) is 1.19. The Morgan fingerprint density at radius 2 is 1.88 bits per heavy atom. The zero-order chi connectivity index (χ0) is 12.5. The van der Waals surface area contributed by atoms with Crippen molar-refractivity contribution in [1.82, 2.24) is 0 Å². The van der Waals surface area contributed by atoms with E-state index < -0.39 is 6.10 Å². The second-order valence-corrected chi connectivity index (χ2v) is 4.54. The first-order chi connectivity index (χ1) is 8.26. The van der Waals surface area contributed by atoms with Crippen molar-refractivity contribution in [2.45, 2.75) is 11.9 Å². The molecule has 1 aromatic carbocycles. The highest BCUT2D eigenvalue weighted by Crippen LogP contribution is 2.13. The van der Waals surface area contributed by atoms with Gasteiger partial charge in [0.05, 0.1) is 12.7 Å². The van der Waals surface area contributed by atoms with Crippen molar-refractivity contribution in [1.29, 1.82) is 0 Å². The Labute approximate surface area is 105 Å². The smallest absolute Gasteiger partial charge is 0.104 e. The summed E-state index contributed by atoms with van der Waals surface area (Å²) in [5, 5.41) is 26.4. The molecule has 0 fully saturated rings. The van der Waals surface area contributed by atoms with E-state index in [2.05, 4.69) is 11.8 Å². The summed E-state index contributed by atoms with van der Waals surface area (Å²) in [7, 11) is 0. The number of hydrogen-bond donors (Lipinski definition) is 3. The van der Waals surface area contributed by atoms with Crippen LogP contribution in [0.4, 0.5) is 0 Å². The second kappa shape index (κ2) is 8.15. The summed E-state index contributed by atoms with van der Waals surface area (Å²) in [6.07, 6.45) is -0.644. The fourth-order valence-corrected chi connectivity index (χ4v) is 2.11. The molecule has 0 saturated carbocycles. The van der Waals surface area contributed by atoms with E-state index in [1.54, 1.807) is 11.8 Å². The van der Waals surface area contributed by atoms with Crippen LogP contribution in [0.1, 0.15) is 11.1 Å². The largest absolute Gasteiger partial charge is 0.394 e. The van der Waals surface area contributed by atoms with Gasteiger partial charge in [0.25, 0.3) is 0 Å². The summed E-state index contributed by atoms with van der Waals surface area (Å²) in [6, 6.07) is 7.75. The summed E-state index contributed by atoms with van der Waals surface area (Å²) in [4.78, 5) is 0. The lowest BCUT2D eigenvalue weighted by Gasteiger charge is -2.06. The zero-order valence-corrected chi connectivity index (χ0v) is 10.3. The molecule has 3 nitrogen and oxygen atoms in total. The summed E-state index contributed by atoms with van der Waals surface area (Å²) >= 11 is 1.58. The highest BCUT2D eigenvalue weighted by atomic mass is 32.2. The van der Waals surface area contributed by atoms with Gasteiger partial charge in [0, 0.05) is 17.1 Å². The van der Waals surface area contributed by atoms with Gasteiger partial charge in [-0.1, -0.05) is 24.0 Å². The molecule has 0 radical (unpaired) electrons. The maximum absolute atomic E-state index is 9.16. The number of hydrogen-bond acceptors (Lipinski definition) is 4. The fraction of sp³-hybridized carbons (Fsp3) is 0.385. The average Bonchev–Trinajstić information content (AvgIpc) is 2.37. The predicted octanol–water partition coefficient (Wildman–Crippen LogP) is 0.617. The Kier molecular flexibility index (Phi) is 6.75. The molecule has 0 bridgehead atoms. The minimum atomic E-state index is -0.644. The van der Waals surface area contributed by atoms with Crippen molar-refractivity contribution in [2.75, 3.05) is 19.0 Å². The highest BCUT2D eigenvalue weighted by molar-refractivity contribution is 7.98. The van der Waals surface area contributed by atoms with Gasteiger partial charge >= 0.3 is 0 Å². The Hall–Kier alpha value is -0.990. The molecule has 0 aliphatic heterocycles. The molecule has 1 aromatic rings. The molecule has 4 heteroatoms. The first kappa shape index (κ1) is 14.1. The highest BCUT2D eigenvalue weighted by Gasteiger charge is 2.01. The van der Waals surface area contributed by atoms with Crippen molar-refractivity contribution in [3.05, 3.63) is 35.4 Å². The minimum absolute atomic E-state index is 0.128. The van der Waals surface area contributed by atoms with Crippen molar-refractivity contribution >= 4 is 11.8 Å². The second-order valence-electron chi connectivity index (χ2n) is 3.51. The van der Waals surface area contributed by atoms with E-state index in [-0.39, 0.29) is 13.2 Å². The lowest BCUT2D eigenvalue weighted by Crippen LogP contribution is -2.14. The number of aliphatic hydroxyl groups is 3. The van der Waals surface area contributed by atoms with Gasteiger partial charge in [0.15, 0.2) is 0 Å². The molecule has 0 spiro atoms. The third kappa shape index (κ3) is 5.76. The van der Waals surface area contributed by atoms with Gasteiger partial charge < -0.3 is 15.3 Å². The standard InChI is InChI=1S/C13H16O3S/c14-7-1-2-11-3-5-12(6-4-11)9-17-10-13(16)8-15/h3-6,13-16H,7-10H2. The van der Waals surface area contributed by atoms with Crippen LogP contribution < -0.4 is 0 Å². The molecule has 1 unspecified atom stereocenters. The van der Waals surface area contributed by atoms with Gasteiger partial charge in [-0.05, 0) is 17.7 Å². The monoisotopic (exact) mass is 252 g/mol. The Morgan fingerprint density at radius 1 is 1.18 bits per heavy atom. The number of rotatable bonds is 5. The molecule has 0 heterocycles. The van der Waals surface area contributed by atoms with Crippen LogP contribution in [0.3, 0.4) is 0 Å². The summed E-state index contributed by atoms with van der Waals surface area (Å²) < 4.78 is 0. The Balaban J connectivity index is 2.40. The van der Waals surface area contributed by atoms with Crippen LogP contribution in [0, 0.1) is 11.8 Å². The predicted molar refractivity (Wildman–Crippen MR) is 69.7 cm³/mol. The van der Waals surface area contributed by atoms with Crippen LogP contribution in [-0.2, 0) is 5.75 Å². The van der Waals surface area contributed by atoms with E-state index in [0.717, 1.165) is 16.9 Å². The summed E-state index contributed by atoms with van der Waals surface area (Å²) in [5.74, 6) is 6.74. The molecular formula is C13H16O3S. The normalized spacial score (nSPS) is 11.7. The molecule has 0 aromatic heterocycles. The van der Waals surface area contributed by atoms with E-state index in [4.69, 9.17) is 15.3 Å². The first-order valence-electron chi connectivity index (χ1n) is 5.31. The van der Waals surface area contributed by atoms with Crippen LogP contribution in [0.15, 0.2) is 24.3 Å². The topological polar surface area (TPSA) is 60.7 Å². The molecule has 17 heavy (non-hydrogen) atoms. The molecular weight excluding hydrogens is 236 g/mol. The van der Waals surface area contributed by atoms with Gasteiger partial charge in [-0.15, -0.1) is 0 Å². The molecule has 3 N–H and O–H groups in total. The third-order valence-corrected chi connectivity index (χ3v) is 3.21. The Morgan fingerprint density at radius 3 is 2.47 bits per heavy atom. The van der Waals surface area contributed by atoms with Crippen LogP contribution in [0.25, 0.3) is 0 Å². The maximum Gasteiger partial charge on any atom is 0.104 e. The van der Waals surface area contributed by atoms with E-state index in [1.165, 1.54) is 0 Å². The van der Waals surface area contributed by atoms with Crippen LogP contribution in [0.5, 0.6) is 0 Å². The van der Waals surface area contributed by atoms with Crippen LogP contribution in [-0.4, -0.2) is 40.4 Å². The molecule has 1 atom stereocenters. The molecule has 0 saturated heterocycles. The maximum atomic E-state index is 9.16. The SMILES string of the molecule is OCC#Cc1ccc(CSCC(O)CO)cc1. The van der Waals surface area contributed by atoms with E-state index in [1.807, 2.05) is 24.3 Å². The molecule has 0 aliphatic rings. The van der Waals surface area contributed by atoms with Crippen molar-refractivity contribution in [3.8, 4) is 11.8 Å². The average molecular weight is 252 g/mol. The van der Waals surface area contributed by atoms with Gasteiger partial charge in [-0.25, -0.2) is 0 Å². The summed E-state index contributed by atoms with van der Waals surface area (Å²) in [5.41, 5.74) is 2.03. The molecule has 0 aliphatic carbocycles. The van der Waals surface area contributed by atoms with Gasteiger partial charge in [0.2, 0.25) is 0 Å². The number of thioether (sulfide) groups is 1. The number of aliphatic hydroxyl groups excluding tert-OH is 3. The lowest BCUT2D eigenvalue weighted by molar-refractivity contribution is 0.113. The zero-order valence-electron chi connectivity index (χ0n) is 9.47. The van der Waals surface area contributed by atoms with E-state index in [9.17, 15) is 0 Å². The minimum Gasteiger partial charge on any atom is -0.394 e. The molecule has 1 rings (SSSR count). The number of benzene rings is 1. The van der Waals surface area contributed by atoms with Gasteiger partial charge in [0.1, 0.15) is 6.61 Å². The van der Waals surface area contributed by atoms with Crippen molar-refractivity contribution in [3.63, 3.8) is 0 Å². The molecule has 92 valence electrons. The molecule has 0 amide bonds. The van der Waals surface area contributed by atoms with Gasteiger partial charge in [-0.3, -0.25) is 0 Å². The quantitative estimate of drug-likeness (QED) is 0.672. The van der Waals surface area contributed by atoms with Crippen molar-refractivity contribution in [2.24, 2.45) is 0 Å². The lowest BCUT2D eigenvalue weighted by atomic mass is 10.1. The van der Waals surface area contributed by atoms with Crippen molar-refractivity contribution < 1.29 is 15.3 Å². The van der Waals surface area contributed by atoms with E-state index in [0.29, 0.717) is 5.75 Å². The third-order valence-electron chi connectivity index (χ3n) is 2.06. The first-order valence-corrected chi connectivity index (χ1v) is 6.47. The van der Waals surface area contributed by atoms with Crippen LogP contribution >= 0.6 is 11.8 Å². The summed E-state index contributed by atoms with van der Waals surface area (Å²) in [6.45, 7) is -0.320. The van der Waals surface area contributed by atoms with Crippen LogP contribution in [0.2, 0.25) is 0 Å². The van der Waals surface area contributed by atoms with E-state index >= 15 is 0 Å².